The molecule has 0 saturated heterocycles. The molecule has 0 unspecified atom stereocenters. The number of pyridine rings is 3. The quantitative estimate of drug-likeness (QED) is 0.111. The molecule has 0 bridgehead atoms. The molecule has 15 nitrogen and oxygen atoms in total. The van der Waals surface area contributed by atoms with Crippen LogP contribution in [-0.4, -0.2) is 28.7 Å². The Morgan fingerprint density at radius 1 is 0.167 bits per heavy atom. The number of aromatic nitrogens is 6. The second-order valence-corrected chi connectivity index (χ2v) is 35.6. The first-order chi connectivity index (χ1) is 71.0. The number of benzene rings is 18. The molecule has 0 spiro atoms. The summed E-state index contributed by atoms with van der Waals surface area (Å²) in [4.78, 5) is 15.3. The molecule has 27 aromatic rings. The normalized spacial score (nSPS) is 11.3. The van der Waals surface area contributed by atoms with Crippen LogP contribution in [0.2, 0.25) is 0 Å². The SMILES string of the molecule is N#Cc1ccc(-c2cccc(-c3cc(-c4ccc5oc6ccccc6c5c4)cc(-n4c5ccccc5c5cc(C#N)ccc54)c3)n2)cc1.N#Cc1ccc2c(c1)c1ccccc1n2-c1cc(-c2ccc3oc4ccccc4c3c2)cc(-c2cccc(-c3ccccc3C#N)n2)c1.N#Cc1cccc(-c2cccc(-c3cc(-c4ccc5oc6ccccc6c5c4)cc(-n4c5ccccc5c5cc(C#N)ccc54)c3)n2)c1. The van der Waals surface area contributed by atoms with Crippen molar-refractivity contribution in [2.24, 2.45) is 0 Å². The monoisotopic (exact) mass is 1840 g/mol. The summed E-state index contributed by atoms with van der Waals surface area (Å²) in [5.41, 5.74) is 34.5. The van der Waals surface area contributed by atoms with Crippen molar-refractivity contribution in [3.63, 3.8) is 0 Å². The first kappa shape index (κ1) is 84.9. The Balaban J connectivity index is 0.000000113. The largest absolute Gasteiger partial charge is 0.456 e. The highest BCUT2D eigenvalue weighted by Gasteiger charge is 2.24. The summed E-state index contributed by atoms with van der Waals surface area (Å²) in [5.74, 6) is 0. The first-order valence-corrected chi connectivity index (χ1v) is 47.0. The minimum absolute atomic E-state index is 0.583. The lowest BCUT2D eigenvalue weighted by atomic mass is 9.98. The third-order valence-corrected chi connectivity index (χ3v) is 27.1. The predicted octanol–water partition coefficient (Wildman–Crippen LogP) is 32.5. The summed E-state index contributed by atoms with van der Waals surface area (Å²) in [5, 5.41) is 70.4. The summed E-state index contributed by atoms with van der Waals surface area (Å²) in [7, 11) is 0. The Hall–Kier alpha value is -20.8. The fraction of sp³-hybridized carbons (Fsp3) is 0. The van der Waals surface area contributed by atoms with Crippen LogP contribution < -0.4 is 0 Å². The molecule has 666 valence electrons. The van der Waals surface area contributed by atoms with E-state index in [0.29, 0.717) is 33.4 Å². The van der Waals surface area contributed by atoms with Crippen LogP contribution in [-0.2, 0) is 0 Å². The van der Waals surface area contributed by atoms with E-state index in [1.807, 2.05) is 285 Å². The first-order valence-electron chi connectivity index (χ1n) is 47.0. The molecular weight excluding hydrogens is 1770 g/mol. The molecule has 0 radical (unpaired) electrons. The molecule has 0 amide bonds. The summed E-state index contributed by atoms with van der Waals surface area (Å²) in [6, 6.07) is 160. The van der Waals surface area contributed by atoms with Gasteiger partial charge in [0, 0.05) is 115 Å². The number of furan rings is 3. The second-order valence-electron chi connectivity index (χ2n) is 35.6. The van der Waals surface area contributed by atoms with Gasteiger partial charge < -0.3 is 27.0 Å². The molecule has 0 aliphatic carbocycles. The van der Waals surface area contributed by atoms with E-state index in [-0.39, 0.29) is 0 Å². The molecule has 18 aromatic carbocycles. The van der Waals surface area contributed by atoms with Crippen molar-refractivity contribution in [1.82, 2.24) is 28.7 Å². The van der Waals surface area contributed by atoms with Gasteiger partial charge in [0.15, 0.2) is 0 Å². The topological polar surface area (TPSA) is 236 Å². The molecule has 0 atom stereocenters. The average molecular weight is 1840 g/mol. The average Bonchev–Trinajstić information content (AvgIpc) is 1.59. The Morgan fingerprint density at radius 2 is 0.458 bits per heavy atom. The fourth-order valence-corrected chi connectivity index (χ4v) is 20.4. The van der Waals surface area contributed by atoms with Crippen molar-refractivity contribution in [2.45, 2.75) is 0 Å². The van der Waals surface area contributed by atoms with Crippen LogP contribution >= 0.6 is 0 Å². The molecule has 9 heterocycles. The number of nitrogens with zero attached hydrogens (tertiary/aromatic N) is 12. The zero-order chi connectivity index (χ0) is 96.6. The maximum Gasteiger partial charge on any atom is 0.135 e. The summed E-state index contributed by atoms with van der Waals surface area (Å²) in [6.07, 6.45) is 0. The highest BCUT2D eigenvalue weighted by atomic mass is 16.3. The zero-order valence-electron chi connectivity index (χ0n) is 76.7. The summed E-state index contributed by atoms with van der Waals surface area (Å²) in [6.45, 7) is 0. The van der Waals surface area contributed by atoms with Gasteiger partial charge in [-0.15, -0.1) is 0 Å². The zero-order valence-corrected chi connectivity index (χ0v) is 76.7. The van der Waals surface area contributed by atoms with Crippen molar-refractivity contribution in [3.8, 4) is 154 Å². The van der Waals surface area contributed by atoms with Gasteiger partial charge in [0.1, 0.15) is 33.5 Å². The molecule has 15 heteroatoms. The van der Waals surface area contributed by atoms with Gasteiger partial charge in [0.05, 0.1) is 137 Å². The van der Waals surface area contributed by atoms with Gasteiger partial charge in [-0.25, -0.2) is 15.0 Å². The van der Waals surface area contributed by atoms with Gasteiger partial charge in [0.2, 0.25) is 0 Å². The van der Waals surface area contributed by atoms with E-state index in [0.717, 1.165) is 249 Å². The number of nitriles is 6. The van der Waals surface area contributed by atoms with E-state index in [9.17, 15) is 31.6 Å². The maximum atomic E-state index is 9.80. The molecule has 0 N–H and O–H groups in total. The van der Waals surface area contributed by atoms with Gasteiger partial charge in [-0.1, -0.05) is 188 Å². The van der Waals surface area contributed by atoms with E-state index in [2.05, 4.69) is 196 Å². The molecule has 27 rings (SSSR count). The molecule has 0 fully saturated rings. The van der Waals surface area contributed by atoms with Gasteiger partial charge >= 0.3 is 0 Å². The molecule has 0 saturated carbocycles. The molecule has 144 heavy (non-hydrogen) atoms. The smallest absolute Gasteiger partial charge is 0.135 e. The van der Waals surface area contributed by atoms with Crippen LogP contribution in [0.3, 0.4) is 0 Å². The maximum absolute atomic E-state index is 9.80. The fourth-order valence-electron chi connectivity index (χ4n) is 20.4. The molecule has 0 aliphatic heterocycles. The lowest BCUT2D eigenvalue weighted by molar-refractivity contribution is 0.668. The predicted molar refractivity (Wildman–Crippen MR) is 575 cm³/mol. The van der Waals surface area contributed by atoms with E-state index >= 15 is 0 Å². The van der Waals surface area contributed by atoms with Crippen LogP contribution in [0.15, 0.2) is 450 Å². The van der Waals surface area contributed by atoms with Crippen LogP contribution in [0.25, 0.3) is 249 Å². The minimum atomic E-state index is 0.583. The van der Waals surface area contributed by atoms with Crippen molar-refractivity contribution in [3.05, 3.63) is 470 Å². The lowest BCUT2D eigenvalue weighted by Crippen LogP contribution is -1.97. The van der Waals surface area contributed by atoms with Crippen molar-refractivity contribution < 1.29 is 13.3 Å². The minimum Gasteiger partial charge on any atom is -0.456 e. The van der Waals surface area contributed by atoms with Crippen molar-refractivity contribution >= 4 is 131 Å². The van der Waals surface area contributed by atoms with Crippen LogP contribution in [0.4, 0.5) is 0 Å². The molecule has 9 aromatic heterocycles. The Bertz CT molecular complexity index is 10300. The Kier molecular flexibility index (Phi) is 20.8. The second kappa shape index (κ2) is 35.4. The molecular formula is C129H72N12O3. The van der Waals surface area contributed by atoms with E-state index in [1.54, 1.807) is 6.07 Å². The van der Waals surface area contributed by atoms with Crippen LogP contribution in [0.5, 0.6) is 0 Å². The van der Waals surface area contributed by atoms with E-state index in [1.165, 1.54) is 0 Å². The highest BCUT2D eigenvalue weighted by molar-refractivity contribution is 6.14. The van der Waals surface area contributed by atoms with E-state index in [4.69, 9.17) is 28.2 Å². The Labute approximate surface area is 823 Å². The third kappa shape index (κ3) is 15.1. The number of para-hydroxylation sites is 6. The van der Waals surface area contributed by atoms with Crippen LogP contribution in [0, 0.1) is 68.0 Å². The van der Waals surface area contributed by atoms with Crippen molar-refractivity contribution in [2.75, 3.05) is 0 Å². The lowest BCUT2D eigenvalue weighted by Gasteiger charge is -2.14. The summed E-state index contributed by atoms with van der Waals surface area (Å²) < 4.78 is 25.3. The Morgan fingerprint density at radius 3 is 0.847 bits per heavy atom. The highest BCUT2D eigenvalue weighted by Crippen LogP contribution is 2.46. The standard InChI is InChI=1S/3C43H24N4O/c44-25-27-7-5-8-30(19-27)38-11-6-12-39(46-38)32-21-31(29-16-18-43-37(24-29)35-10-2-4-14-42(35)48-43)22-33(23-32)47-40-13-3-1-9-34(40)36-20-28(26-45)15-17-41(36)47;44-25-27-12-15-29(16-13-27)38-8-5-9-39(46-38)32-21-31(30-17-19-43-37(24-30)35-7-2-4-11-42(35)48-43)22-33(23-32)47-40-10-3-1-6-34(40)36-20-28(26-45)14-18-41(36)47;44-25-27-16-18-41-36(20-27)34-10-3-5-14-40(34)47(41)32-22-30(28-17-19-43-37(24-28)35-11-4-6-15-42(35)48-43)21-31(23-32)38-12-7-13-39(46-38)33-9-2-1-8-29(33)26-45/h3*1-24H. The van der Waals surface area contributed by atoms with Gasteiger partial charge in [-0.3, -0.25) is 0 Å². The summed E-state index contributed by atoms with van der Waals surface area (Å²) >= 11 is 0. The van der Waals surface area contributed by atoms with Crippen molar-refractivity contribution in [1.29, 1.82) is 31.6 Å². The van der Waals surface area contributed by atoms with Gasteiger partial charge in [-0.2, -0.15) is 31.6 Å². The number of hydrogen-bond acceptors (Lipinski definition) is 12. The number of rotatable bonds is 12. The van der Waals surface area contributed by atoms with Gasteiger partial charge in [-0.05, 0) is 282 Å². The van der Waals surface area contributed by atoms with Gasteiger partial charge in [0.25, 0.3) is 0 Å². The van der Waals surface area contributed by atoms with Crippen LogP contribution in [0.1, 0.15) is 33.4 Å². The number of fused-ring (bicyclic) bond motifs is 18. The third-order valence-electron chi connectivity index (χ3n) is 27.1. The molecule has 0 aliphatic rings. The van der Waals surface area contributed by atoms with E-state index < -0.39 is 0 Å². The number of hydrogen-bond donors (Lipinski definition) is 0.